The lowest BCUT2D eigenvalue weighted by molar-refractivity contribution is -0.870. The highest BCUT2D eigenvalue weighted by atomic mass is 31.2. The molecule has 446 valence electrons. The molecule has 0 amide bonds. The zero-order chi connectivity index (χ0) is 54.9. The topological polar surface area (TPSA) is 111 Å². The van der Waals surface area contributed by atoms with Crippen LogP contribution >= 0.6 is 7.82 Å². The summed E-state index contributed by atoms with van der Waals surface area (Å²) in [5, 5.41) is 0. The molecule has 0 saturated heterocycles. The second-order valence-electron chi connectivity index (χ2n) is 23.8. The van der Waals surface area contributed by atoms with Crippen molar-refractivity contribution in [3.8, 4) is 0 Å². The molecule has 10 heteroatoms. The lowest BCUT2D eigenvalue weighted by atomic mass is 10.0. The van der Waals surface area contributed by atoms with E-state index in [1.54, 1.807) is 0 Å². The van der Waals surface area contributed by atoms with Gasteiger partial charge in [0.15, 0.2) is 6.10 Å². The standard InChI is InChI=1S/C65H128NO8P/c1-6-8-10-12-14-16-18-20-22-24-26-27-28-29-30-31-32-33-34-35-36-37-38-40-41-43-45-47-49-51-53-55-57-64(67)71-61-63(62-73-75(69,70)72-60-59-66(3,4)5)74-65(68)58-56-54-52-50-48-46-44-42-39-25-23-21-19-17-15-13-11-9-7-2/h21,23,63H,6-20,22,24-62H2,1-5H3/b23-21-. The smallest absolute Gasteiger partial charge is 0.306 e. The number of nitrogens with zero attached hydrogens (tertiary/aromatic N) is 1. The Morgan fingerprint density at radius 2 is 0.680 bits per heavy atom. The first-order valence-corrected chi connectivity index (χ1v) is 34.4. The highest BCUT2D eigenvalue weighted by Gasteiger charge is 2.22. The number of quaternary nitrogens is 1. The Morgan fingerprint density at radius 3 is 0.987 bits per heavy atom. The van der Waals surface area contributed by atoms with Crippen LogP contribution in [-0.4, -0.2) is 70.0 Å². The van der Waals surface area contributed by atoms with Gasteiger partial charge in [-0.05, 0) is 38.5 Å². The van der Waals surface area contributed by atoms with Crippen LogP contribution in [0.1, 0.15) is 341 Å². The number of unbranched alkanes of at least 4 members (excludes halogenated alkanes) is 46. The van der Waals surface area contributed by atoms with Crippen molar-refractivity contribution in [3.05, 3.63) is 12.2 Å². The lowest BCUT2D eigenvalue weighted by Crippen LogP contribution is -2.37. The molecule has 0 aliphatic carbocycles. The van der Waals surface area contributed by atoms with Gasteiger partial charge >= 0.3 is 11.9 Å². The molecule has 0 saturated carbocycles. The van der Waals surface area contributed by atoms with Crippen LogP contribution in [0.4, 0.5) is 0 Å². The summed E-state index contributed by atoms with van der Waals surface area (Å²) in [5.41, 5.74) is 0. The Hall–Kier alpha value is -1.25. The number of carbonyl (C=O) groups excluding carboxylic acids is 2. The molecule has 0 radical (unpaired) electrons. The predicted molar refractivity (Wildman–Crippen MR) is 319 cm³/mol. The SMILES string of the molecule is CCCCCCCC/C=C\CCCCCCCCCCCC(=O)OC(COC(=O)CCCCCCCCCCCCCCCCCCCCCCCCCCCCCCCCCC)COP(=O)([O-])OCC[N+](C)(C)C. The van der Waals surface area contributed by atoms with Gasteiger partial charge in [0.25, 0.3) is 7.82 Å². The number of rotatable bonds is 62. The van der Waals surface area contributed by atoms with Gasteiger partial charge in [0.2, 0.25) is 0 Å². The first-order chi connectivity index (χ1) is 36.5. The first kappa shape index (κ1) is 73.8. The van der Waals surface area contributed by atoms with Gasteiger partial charge in [-0.15, -0.1) is 0 Å². The molecule has 75 heavy (non-hydrogen) atoms. The highest BCUT2D eigenvalue weighted by Crippen LogP contribution is 2.38. The predicted octanol–water partition coefficient (Wildman–Crippen LogP) is 20.1. The Labute approximate surface area is 466 Å². The maximum atomic E-state index is 12.8. The molecule has 0 aliphatic rings. The molecular formula is C65H128NO8P. The molecule has 0 N–H and O–H groups in total. The normalized spacial score (nSPS) is 13.2. The van der Waals surface area contributed by atoms with Crippen LogP contribution in [0.25, 0.3) is 0 Å². The summed E-state index contributed by atoms with van der Waals surface area (Å²) in [4.78, 5) is 37.9. The van der Waals surface area contributed by atoms with E-state index in [-0.39, 0.29) is 32.0 Å². The highest BCUT2D eigenvalue weighted by molar-refractivity contribution is 7.45. The van der Waals surface area contributed by atoms with Crippen molar-refractivity contribution in [1.29, 1.82) is 0 Å². The minimum atomic E-state index is -4.63. The number of esters is 2. The van der Waals surface area contributed by atoms with Gasteiger partial charge in [-0.2, -0.15) is 0 Å². The van der Waals surface area contributed by atoms with Crippen LogP contribution < -0.4 is 4.89 Å². The van der Waals surface area contributed by atoms with Gasteiger partial charge in [0, 0.05) is 12.8 Å². The van der Waals surface area contributed by atoms with E-state index in [9.17, 15) is 19.0 Å². The van der Waals surface area contributed by atoms with E-state index >= 15 is 0 Å². The van der Waals surface area contributed by atoms with Crippen molar-refractivity contribution >= 4 is 19.8 Å². The third kappa shape index (κ3) is 61.8. The fourth-order valence-corrected chi connectivity index (χ4v) is 10.7. The summed E-state index contributed by atoms with van der Waals surface area (Å²) in [7, 11) is 1.19. The molecule has 0 aromatic rings. The molecule has 0 spiro atoms. The van der Waals surface area contributed by atoms with Crippen molar-refractivity contribution in [3.63, 3.8) is 0 Å². The van der Waals surface area contributed by atoms with Crippen molar-refractivity contribution in [1.82, 2.24) is 0 Å². The second kappa shape index (κ2) is 57.4. The second-order valence-corrected chi connectivity index (χ2v) is 25.3. The fourth-order valence-electron chi connectivity index (χ4n) is 9.95. The Balaban J connectivity index is 3.97. The van der Waals surface area contributed by atoms with Crippen LogP contribution in [0.2, 0.25) is 0 Å². The monoisotopic (exact) mass is 1080 g/mol. The summed E-state index contributed by atoms with van der Waals surface area (Å²) in [6.45, 7) is 4.30. The molecule has 0 bridgehead atoms. The largest absolute Gasteiger partial charge is 0.756 e. The summed E-state index contributed by atoms with van der Waals surface area (Å²) >= 11 is 0. The number of phosphoric acid groups is 1. The average Bonchev–Trinajstić information content (AvgIpc) is 3.37. The van der Waals surface area contributed by atoms with Crippen molar-refractivity contribution in [2.45, 2.75) is 347 Å². The minimum absolute atomic E-state index is 0.0273. The molecule has 0 rings (SSSR count). The number of likely N-dealkylation sites (N-methyl/N-ethyl adjacent to an activating group) is 1. The van der Waals surface area contributed by atoms with E-state index in [1.807, 2.05) is 21.1 Å². The molecule has 2 atom stereocenters. The Morgan fingerprint density at radius 1 is 0.400 bits per heavy atom. The molecule has 0 heterocycles. The van der Waals surface area contributed by atoms with Crippen LogP contribution in [0.3, 0.4) is 0 Å². The number of ether oxygens (including phenoxy) is 2. The van der Waals surface area contributed by atoms with Gasteiger partial charge in [-0.1, -0.05) is 302 Å². The van der Waals surface area contributed by atoms with Crippen LogP contribution in [0.5, 0.6) is 0 Å². The number of allylic oxidation sites excluding steroid dienone is 2. The van der Waals surface area contributed by atoms with Gasteiger partial charge < -0.3 is 27.9 Å². The quantitative estimate of drug-likeness (QED) is 0.0195. The van der Waals surface area contributed by atoms with Crippen molar-refractivity contribution in [2.75, 3.05) is 47.5 Å². The zero-order valence-electron chi connectivity index (χ0n) is 50.8. The van der Waals surface area contributed by atoms with Gasteiger partial charge in [0.1, 0.15) is 19.8 Å². The molecule has 0 fully saturated rings. The molecule has 2 unspecified atom stereocenters. The van der Waals surface area contributed by atoms with E-state index in [0.29, 0.717) is 17.4 Å². The summed E-state index contributed by atoms with van der Waals surface area (Å²) in [6, 6.07) is 0. The average molecular weight is 1080 g/mol. The third-order valence-electron chi connectivity index (χ3n) is 15.0. The van der Waals surface area contributed by atoms with Gasteiger partial charge in [-0.3, -0.25) is 14.2 Å². The zero-order valence-corrected chi connectivity index (χ0v) is 51.7. The molecule has 0 aromatic carbocycles. The number of hydrogen-bond donors (Lipinski definition) is 0. The lowest BCUT2D eigenvalue weighted by Gasteiger charge is -2.28. The minimum Gasteiger partial charge on any atom is -0.756 e. The molecule has 0 aliphatic heterocycles. The van der Waals surface area contributed by atoms with Gasteiger partial charge in [0.05, 0.1) is 27.7 Å². The van der Waals surface area contributed by atoms with Crippen LogP contribution in [-0.2, 0) is 32.7 Å². The molecular weight excluding hydrogens is 954 g/mol. The van der Waals surface area contributed by atoms with E-state index < -0.39 is 26.5 Å². The maximum absolute atomic E-state index is 12.8. The molecule has 0 aromatic heterocycles. The first-order valence-electron chi connectivity index (χ1n) is 32.9. The van der Waals surface area contributed by atoms with E-state index in [1.165, 1.54) is 270 Å². The van der Waals surface area contributed by atoms with Crippen molar-refractivity contribution in [2.24, 2.45) is 0 Å². The summed E-state index contributed by atoms with van der Waals surface area (Å²) in [5.74, 6) is -0.814. The number of phosphoric ester groups is 1. The van der Waals surface area contributed by atoms with E-state index in [2.05, 4.69) is 26.0 Å². The summed E-state index contributed by atoms with van der Waals surface area (Å²) in [6.07, 6.45) is 68.6. The Kier molecular flexibility index (Phi) is 56.5. The summed E-state index contributed by atoms with van der Waals surface area (Å²) < 4.78 is 34.2. The maximum Gasteiger partial charge on any atom is 0.306 e. The third-order valence-corrected chi connectivity index (χ3v) is 16.0. The Bertz CT molecular complexity index is 1270. The van der Waals surface area contributed by atoms with E-state index in [0.717, 1.165) is 38.5 Å². The number of carbonyl (C=O) groups is 2. The van der Waals surface area contributed by atoms with E-state index in [4.69, 9.17) is 18.5 Å². The van der Waals surface area contributed by atoms with Crippen molar-refractivity contribution < 1.29 is 42.1 Å². The molecule has 9 nitrogen and oxygen atoms in total. The van der Waals surface area contributed by atoms with Crippen LogP contribution in [0, 0.1) is 0 Å². The van der Waals surface area contributed by atoms with Gasteiger partial charge in [-0.25, -0.2) is 0 Å². The fraction of sp³-hybridized carbons (Fsp3) is 0.938. The van der Waals surface area contributed by atoms with Crippen LogP contribution in [0.15, 0.2) is 12.2 Å². The number of hydrogen-bond acceptors (Lipinski definition) is 8.